The van der Waals surface area contributed by atoms with Crippen LogP contribution in [0.5, 0.6) is 5.75 Å². The van der Waals surface area contributed by atoms with Crippen LogP contribution < -0.4 is 10.5 Å². The van der Waals surface area contributed by atoms with Crippen LogP contribution in [0.3, 0.4) is 0 Å². The molecule has 0 aliphatic carbocycles. The van der Waals surface area contributed by atoms with E-state index in [-0.39, 0.29) is 11.9 Å². The van der Waals surface area contributed by atoms with Gasteiger partial charge in [-0.15, -0.1) is 0 Å². The average Bonchev–Trinajstić information content (AvgIpc) is 3.02. The second kappa shape index (κ2) is 7.46. The molecule has 21 heavy (non-hydrogen) atoms. The number of ether oxygens (including phenoxy) is 1. The molecule has 0 aromatic heterocycles. The van der Waals surface area contributed by atoms with Gasteiger partial charge in [0.25, 0.3) is 0 Å². The van der Waals surface area contributed by atoms with E-state index in [1.165, 1.54) is 5.56 Å². The first-order valence-corrected chi connectivity index (χ1v) is 7.83. The number of likely N-dealkylation sites (tertiary alicyclic amines) is 1. The monoisotopic (exact) mass is 290 g/mol. The number of hydrogen-bond acceptors (Lipinski definition) is 3. The van der Waals surface area contributed by atoms with Crippen molar-refractivity contribution in [3.05, 3.63) is 29.8 Å². The summed E-state index contributed by atoms with van der Waals surface area (Å²) in [5.41, 5.74) is 6.89. The van der Waals surface area contributed by atoms with Crippen molar-refractivity contribution in [3.63, 3.8) is 0 Å². The molecule has 1 aromatic rings. The lowest BCUT2D eigenvalue weighted by Gasteiger charge is -2.27. The third kappa shape index (κ3) is 3.76. The molecule has 4 heteroatoms. The van der Waals surface area contributed by atoms with Gasteiger partial charge in [-0.2, -0.15) is 0 Å². The Morgan fingerprint density at radius 2 is 2.33 bits per heavy atom. The fourth-order valence-electron chi connectivity index (χ4n) is 3.02. The predicted octanol–water partition coefficient (Wildman–Crippen LogP) is 2.73. The number of amides is 1. The highest BCUT2D eigenvalue weighted by atomic mass is 16.5. The lowest BCUT2D eigenvalue weighted by atomic mass is 10.00. The van der Waals surface area contributed by atoms with Crippen LogP contribution in [0.2, 0.25) is 0 Å². The van der Waals surface area contributed by atoms with Crippen LogP contribution in [0.1, 0.15) is 44.2 Å². The third-order valence-corrected chi connectivity index (χ3v) is 4.43. The van der Waals surface area contributed by atoms with Crippen LogP contribution in [-0.2, 0) is 4.79 Å². The van der Waals surface area contributed by atoms with Crippen molar-refractivity contribution in [2.45, 2.75) is 38.6 Å². The van der Waals surface area contributed by atoms with Gasteiger partial charge in [0.1, 0.15) is 5.75 Å². The van der Waals surface area contributed by atoms with Crippen LogP contribution in [0.25, 0.3) is 0 Å². The summed E-state index contributed by atoms with van der Waals surface area (Å²) < 4.78 is 5.29. The summed E-state index contributed by atoms with van der Waals surface area (Å²) in [6.45, 7) is 3.52. The second-order valence-corrected chi connectivity index (χ2v) is 5.74. The SMILES string of the molecule is CCC(CN)CC(=O)N1CCCC1c1cccc(OC)c1. The molecule has 1 aliphatic rings. The molecule has 0 radical (unpaired) electrons. The summed E-state index contributed by atoms with van der Waals surface area (Å²) in [5, 5.41) is 0. The highest BCUT2D eigenvalue weighted by Gasteiger charge is 2.30. The molecule has 116 valence electrons. The van der Waals surface area contributed by atoms with Gasteiger partial charge in [-0.25, -0.2) is 0 Å². The molecule has 2 unspecified atom stereocenters. The smallest absolute Gasteiger partial charge is 0.223 e. The Bertz CT molecular complexity index is 472. The molecule has 0 spiro atoms. The summed E-state index contributed by atoms with van der Waals surface area (Å²) in [6, 6.07) is 8.23. The zero-order valence-electron chi connectivity index (χ0n) is 13.0. The van der Waals surface area contributed by atoms with Crippen LogP contribution in [0.15, 0.2) is 24.3 Å². The number of hydrogen-bond donors (Lipinski definition) is 1. The van der Waals surface area contributed by atoms with Crippen LogP contribution in [-0.4, -0.2) is 31.0 Å². The lowest BCUT2D eigenvalue weighted by molar-refractivity contribution is -0.133. The van der Waals surface area contributed by atoms with E-state index < -0.39 is 0 Å². The first-order chi connectivity index (χ1) is 10.2. The van der Waals surface area contributed by atoms with Crippen molar-refractivity contribution in [2.75, 3.05) is 20.2 Å². The van der Waals surface area contributed by atoms with E-state index in [1.807, 2.05) is 23.1 Å². The van der Waals surface area contributed by atoms with E-state index in [0.717, 1.165) is 31.6 Å². The van der Waals surface area contributed by atoms with Crippen LogP contribution >= 0.6 is 0 Å². The van der Waals surface area contributed by atoms with Gasteiger partial charge in [-0.3, -0.25) is 4.79 Å². The zero-order valence-corrected chi connectivity index (χ0v) is 13.0. The summed E-state index contributed by atoms with van der Waals surface area (Å²) in [4.78, 5) is 14.6. The Kier molecular flexibility index (Phi) is 5.62. The van der Waals surface area contributed by atoms with Crippen molar-refractivity contribution in [3.8, 4) is 5.75 Å². The molecule has 4 nitrogen and oxygen atoms in total. The molecule has 2 atom stereocenters. The van der Waals surface area contributed by atoms with Gasteiger partial charge in [0, 0.05) is 13.0 Å². The van der Waals surface area contributed by atoms with E-state index in [2.05, 4.69) is 13.0 Å². The van der Waals surface area contributed by atoms with Crippen molar-refractivity contribution < 1.29 is 9.53 Å². The molecule has 1 amide bonds. The fraction of sp³-hybridized carbons (Fsp3) is 0.588. The number of benzene rings is 1. The van der Waals surface area contributed by atoms with E-state index in [9.17, 15) is 4.79 Å². The molecular weight excluding hydrogens is 264 g/mol. The van der Waals surface area contributed by atoms with Gasteiger partial charge in [0.05, 0.1) is 13.2 Å². The number of nitrogens with zero attached hydrogens (tertiary/aromatic N) is 1. The Hall–Kier alpha value is -1.55. The maximum absolute atomic E-state index is 12.6. The Balaban J connectivity index is 2.10. The summed E-state index contributed by atoms with van der Waals surface area (Å²) >= 11 is 0. The van der Waals surface area contributed by atoms with Crippen molar-refractivity contribution in [1.29, 1.82) is 0 Å². The van der Waals surface area contributed by atoms with E-state index in [1.54, 1.807) is 7.11 Å². The number of nitrogens with two attached hydrogens (primary N) is 1. The number of carbonyl (C=O) groups excluding carboxylic acids is 1. The van der Waals surface area contributed by atoms with Gasteiger partial charge >= 0.3 is 0 Å². The molecule has 0 saturated carbocycles. The van der Waals surface area contributed by atoms with Crippen molar-refractivity contribution in [2.24, 2.45) is 11.7 Å². The first-order valence-electron chi connectivity index (χ1n) is 7.83. The van der Waals surface area contributed by atoms with Gasteiger partial charge < -0.3 is 15.4 Å². The highest BCUT2D eigenvalue weighted by Crippen LogP contribution is 2.34. The van der Waals surface area contributed by atoms with Crippen LogP contribution in [0, 0.1) is 5.92 Å². The molecule has 1 heterocycles. The molecule has 2 rings (SSSR count). The lowest BCUT2D eigenvalue weighted by Crippen LogP contribution is -2.33. The second-order valence-electron chi connectivity index (χ2n) is 5.74. The predicted molar refractivity (Wildman–Crippen MR) is 84.1 cm³/mol. The maximum Gasteiger partial charge on any atom is 0.223 e. The molecular formula is C17H26N2O2. The van der Waals surface area contributed by atoms with Gasteiger partial charge in [-0.05, 0) is 43.0 Å². The summed E-state index contributed by atoms with van der Waals surface area (Å²) in [7, 11) is 1.67. The maximum atomic E-state index is 12.6. The molecule has 0 bridgehead atoms. The normalized spacial score (nSPS) is 19.6. The fourth-order valence-corrected chi connectivity index (χ4v) is 3.02. The standard InChI is InChI=1S/C17H26N2O2/c1-3-13(12-18)10-17(20)19-9-5-8-16(19)14-6-4-7-15(11-14)21-2/h4,6-7,11,13,16H,3,5,8-10,12,18H2,1-2H3. The van der Waals surface area contributed by atoms with E-state index >= 15 is 0 Å². The summed E-state index contributed by atoms with van der Waals surface area (Å²) in [5.74, 6) is 1.38. The van der Waals surface area contributed by atoms with Crippen molar-refractivity contribution in [1.82, 2.24) is 4.90 Å². The number of carbonyl (C=O) groups is 1. The minimum atomic E-state index is 0.183. The van der Waals surface area contributed by atoms with Gasteiger partial charge in [-0.1, -0.05) is 25.5 Å². The summed E-state index contributed by atoms with van der Waals surface area (Å²) in [6.07, 6.45) is 3.61. The minimum Gasteiger partial charge on any atom is -0.497 e. The zero-order chi connectivity index (χ0) is 15.2. The minimum absolute atomic E-state index is 0.183. The van der Waals surface area contributed by atoms with E-state index in [0.29, 0.717) is 18.9 Å². The Morgan fingerprint density at radius 3 is 3.00 bits per heavy atom. The molecule has 1 fully saturated rings. The number of rotatable bonds is 6. The largest absolute Gasteiger partial charge is 0.497 e. The number of methoxy groups -OCH3 is 1. The van der Waals surface area contributed by atoms with Gasteiger partial charge in [0.2, 0.25) is 5.91 Å². The van der Waals surface area contributed by atoms with Gasteiger partial charge in [0.15, 0.2) is 0 Å². The van der Waals surface area contributed by atoms with Crippen molar-refractivity contribution >= 4 is 5.91 Å². The Morgan fingerprint density at radius 1 is 1.52 bits per heavy atom. The molecule has 1 aliphatic heterocycles. The molecule has 1 saturated heterocycles. The molecule has 1 aromatic carbocycles. The highest BCUT2D eigenvalue weighted by molar-refractivity contribution is 5.77. The van der Waals surface area contributed by atoms with E-state index in [4.69, 9.17) is 10.5 Å². The Labute approximate surface area is 127 Å². The topological polar surface area (TPSA) is 55.6 Å². The average molecular weight is 290 g/mol. The van der Waals surface area contributed by atoms with Crippen LogP contribution in [0.4, 0.5) is 0 Å². The third-order valence-electron chi connectivity index (χ3n) is 4.43. The first kappa shape index (κ1) is 15.8. The quantitative estimate of drug-likeness (QED) is 0.876. The molecule has 2 N–H and O–H groups in total.